The molecule has 0 bridgehead atoms. The largest absolute Gasteiger partial charge is 0.353 e. The lowest BCUT2D eigenvalue weighted by Gasteiger charge is -1.97. The molecule has 2 nitrogen and oxygen atoms in total. The van der Waals surface area contributed by atoms with Gasteiger partial charge in [-0.3, -0.25) is 4.79 Å². The molecule has 1 N–H and O–H groups in total. The van der Waals surface area contributed by atoms with Crippen molar-refractivity contribution in [3.63, 3.8) is 0 Å². The van der Waals surface area contributed by atoms with Crippen LogP contribution in [-0.4, -0.2) is 12.5 Å². The van der Waals surface area contributed by atoms with Gasteiger partial charge in [0, 0.05) is 12.6 Å². The van der Waals surface area contributed by atoms with Gasteiger partial charge >= 0.3 is 0 Å². The van der Waals surface area contributed by atoms with E-state index >= 15 is 0 Å². The maximum atomic E-state index is 11.0. The predicted molar refractivity (Wildman–Crippen MR) is 51.9 cm³/mol. The van der Waals surface area contributed by atoms with E-state index in [9.17, 15) is 4.79 Å². The average Bonchev–Trinajstić information content (AvgIpc) is 2.06. The molecule has 0 aromatic rings. The van der Waals surface area contributed by atoms with Crippen molar-refractivity contribution in [1.82, 2.24) is 5.32 Å². The zero-order valence-electron chi connectivity index (χ0n) is 7.84. The van der Waals surface area contributed by atoms with E-state index in [-0.39, 0.29) is 5.91 Å². The number of unbranched alkanes of at least 4 members (excludes halogenated alkanes) is 1. The second-order valence-electron chi connectivity index (χ2n) is 2.53. The first-order valence-corrected chi connectivity index (χ1v) is 4.38. The molecule has 0 rings (SSSR count). The molecule has 1 amide bonds. The molecule has 0 atom stereocenters. The van der Waals surface area contributed by atoms with Crippen molar-refractivity contribution in [2.45, 2.75) is 26.7 Å². The fourth-order valence-electron chi connectivity index (χ4n) is 0.701. The van der Waals surface area contributed by atoms with Crippen LogP contribution in [0.4, 0.5) is 0 Å². The standard InChI is InChI=1S/C10H17NO/c1-3-5-7-8-10(12)11-9-6-4-2/h3,5,7-8H,4,6,9H2,1-2H3,(H,11,12)/b5-3-,8-7+. The lowest BCUT2D eigenvalue weighted by atomic mass is 10.3. The second-order valence-corrected chi connectivity index (χ2v) is 2.53. The fraction of sp³-hybridized carbons (Fsp3) is 0.500. The molecule has 12 heavy (non-hydrogen) atoms. The Morgan fingerprint density at radius 3 is 2.75 bits per heavy atom. The van der Waals surface area contributed by atoms with Gasteiger partial charge in [0.2, 0.25) is 5.91 Å². The Balaban J connectivity index is 3.45. The van der Waals surface area contributed by atoms with Crippen molar-refractivity contribution < 1.29 is 4.79 Å². The van der Waals surface area contributed by atoms with Crippen LogP contribution < -0.4 is 5.32 Å². The number of nitrogens with one attached hydrogen (secondary N) is 1. The summed E-state index contributed by atoms with van der Waals surface area (Å²) in [6.07, 6.45) is 9.15. The summed E-state index contributed by atoms with van der Waals surface area (Å²) in [6.45, 7) is 4.79. The molecule has 0 aliphatic carbocycles. The van der Waals surface area contributed by atoms with E-state index in [1.807, 2.05) is 19.1 Å². The molecule has 0 unspecified atom stereocenters. The van der Waals surface area contributed by atoms with Crippen molar-refractivity contribution in [1.29, 1.82) is 0 Å². The normalized spacial score (nSPS) is 11.2. The number of hydrogen-bond acceptors (Lipinski definition) is 1. The van der Waals surface area contributed by atoms with Crippen molar-refractivity contribution in [2.24, 2.45) is 0 Å². The summed E-state index contributed by atoms with van der Waals surface area (Å²) in [7, 11) is 0. The first kappa shape index (κ1) is 11.0. The molecule has 0 heterocycles. The molecule has 0 aliphatic rings. The van der Waals surface area contributed by atoms with Crippen molar-refractivity contribution in [3.05, 3.63) is 24.3 Å². The van der Waals surface area contributed by atoms with Gasteiger partial charge in [-0.2, -0.15) is 0 Å². The quantitative estimate of drug-likeness (QED) is 0.379. The van der Waals surface area contributed by atoms with Gasteiger partial charge in [0.05, 0.1) is 0 Å². The van der Waals surface area contributed by atoms with E-state index < -0.39 is 0 Å². The molecule has 0 saturated carbocycles. The van der Waals surface area contributed by atoms with Gasteiger partial charge in [-0.05, 0) is 13.3 Å². The van der Waals surface area contributed by atoms with Crippen molar-refractivity contribution in [2.75, 3.05) is 6.54 Å². The molecule has 0 spiro atoms. The second kappa shape index (κ2) is 8.05. The van der Waals surface area contributed by atoms with Crippen LogP contribution in [0, 0.1) is 0 Å². The lowest BCUT2D eigenvalue weighted by molar-refractivity contribution is -0.116. The first-order valence-electron chi connectivity index (χ1n) is 4.38. The number of hydrogen-bond donors (Lipinski definition) is 1. The molecular weight excluding hydrogens is 150 g/mol. The number of carbonyl (C=O) groups is 1. The third kappa shape index (κ3) is 7.06. The third-order valence-electron chi connectivity index (χ3n) is 1.38. The zero-order valence-corrected chi connectivity index (χ0v) is 7.84. The summed E-state index contributed by atoms with van der Waals surface area (Å²) in [5, 5.41) is 2.78. The fourth-order valence-corrected chi connectivity index (χ4v) is 0.701. The van der Waals surface area contributed by atoms with E-state index in [0.717, 1.165) is 19.4 Å². The molecule has 0 saturated heterocycles. The van der Waals surface area contributed by atoms with Crippen LogP contribution >= 0.6 is 0 Å². The Bertz CT molecular complexity index is 171. The molecule has 0 radical (unpaired) electrons. The summed E-state index contributed by atoms with van der Waals surface area (Å²) in [6, 6.07) is 0. The van der Waals surface area contributed by atoms with E-state index in [2.05, 4.69) is 12.2 Å². The smallest absolute Gasteiger partial charge is 0.243 e. The minimum atomic E-state index is -0.0125. The Labute approximate surface area is 74.4 Å². The molecule has 0 fully saturated rings. The van der Waals surface area contributed by atoms with Gasteiger partial charge < -0.3 is 5.32 Å². The molecule has 68 valence electrons. The summed E-state index contributed by atoms with van der Waals surface area (Å²) in [4.78, 5) is 11.0. The topological polar surface area (TPSA) is 29.1 Å². The van der Waals surface area contributed by atoms with Crippen LogP contribution in [0.15, 0.2) is 24.3 Å². The average molecular weight is 167 g/mol. The van der Waals surface area contributed by atoms with Crippen LogP contribution in [0.1, 0.15) is 26.7 Å². The highest BCUT2D eigenvalue weighted by Gasteiger charge is 1.90. The van der Waals surface area contributed by atoms with Gasteiger partial charge in [-0.25, -0.2) is 0 Å². The maximum absolute atomic E-state index is 11.0. The molecule has 2 heteroatoms. The van der Waals surface area contributed by atoms with Crippen molar-refractivity contribution in [3.8, 4) is 0 Å². The van der Waals surface area contributed by atoms with E-state index in [4.69, 9.17) is 0 Å². The van der Waals surface area contributed by atoms with Crippen LogP contribution in [0.3, 0.4) is 0 Å². The van der Waals surface area contributed by atoms with Gasteiger partial charge in [-0.15, -0.1) is 0 Å². The minimum Gasteiger partial charge on any atom is -0.353 e. The summed E-state index contributed by atoms with van der Waals surface area (Å²) < 4.78 is 0. The molecule has 0 aliphatic heterocycles. The molecular formula is C10H17NO. The maximum Gasteiger partial charge on any atom is 0.243 e. The highest BCUT2D eigenvalue weighted by Crippen LogP contribution is 1.83. The Morgan fingerprint density at radius 1 is 1.42 bits per heavy atom. The van der Waals surface area contributed by atoms with Gasteiger partial charge in [-0.1, -0.05) is 31.6 Å². The van der Waals surface area contributed by atoms with Gasteiger partial charge in [0.1, 0.15) is 0 Å². The predicted octanol–water partition coefficient (Wildman–Crippen LogP) is 2.04. The van der Waals surface area contributed by atoms with Crippen molar-refractivity contribution >= 4 is 5.91 Å². The Morgan fingerprint density at radius 2 is 2.17 bits per heavy atom. The first-order chi connectivity index (χ1) is 5.81. The highest BCUT2D eigenvalue weighted by molar-refractivity contribution is 5.87. The van der Waals surface area contributed by atoms with E-state index in [1.165, 1.54) is 6.08 Å². The minimum absolute atomic E-state index is 0.0125. The van der Waals surface area contributed by atoms with Crippen LogP contribution in [0.5, 0.6) is 0 Å². The Kier molecular flexibility index (Phi) is 7.35. The number of amides is 1. The Hall–Kier alpha value is -1.05. The number of rotatable bonds is 5. The monoisotopic (exact) mass is 167 g/mol. The summed E-state index contributed by atoms with van der Waals surface area (Å²) >= 11 is 0. The molecule has 0 aromatic heterocycles. The van der Waals surface area contributed by atoms with Crippen LogP contribution in [0.2, 0.25) is 0 Å². The van der Waals surface area contributed by atoms with Gasteiger partial charge in [0.15, 0.2) is 0 Å². The summed E-state index contributed by atoms with van der Waals surface area (Å²) in [5.74, 6) is -0.0125. The third-order valence-corrected chi connectivity index (χ3v) is 1.38. The van der Waals surface area contributed by atoms with Crippen LogP contribution in [-0.2, 0) is 4.79 Å². The van der Waals surface area contributed by atoms with Crippen LogP contribution in [0.25, 0.3) is 0 Å². The summed E-state index contributed by atoms with van der Waals surface area (Å²) in [5.41, 5.74) is 0. The number of carbonyl (C=O) groups excluding carboxylic acids is 1. The SMILES string of the molecule is C/C=C\C=C\C(=O)NCCCC. The van der Waals surface area contributed by atoms with Gasteiger partial charge in [0.25, 0.3) is 0 Å². The number of allylic oxidation sites excluding steroid dienone is 3. The van der Waals surface area contributed by atoms with E-state index in [0.29, 0.717) is 0 Å². The highest BCUT2D eigenvalue weighted by atomic mass is 16.1. The lowest BCUT2D eigenvalue weighted by Crippen LogP contribution is -2.21. The molecule has 0 aromatic carbocycles. The zero-order chi connectivity index (χ0) is 9.23. The van der Waals surface area contributed by atoms with E-state index in [1.54, 1.807) is 6.08 Å².